The van der Waals surface area contributed by atoms with Crippen LogP contribution in [0.25, 0.3) is 0 Å². The molecule has 0 aromatic heterocycles. The van der Waals surface area contributed by atoms with Gasteiger partial charge in [0.25, 0.3) is 0 Å². The summed E-state index contributed by atoms with van der Waals surface area (Å²) < 4.78 is 0. The van der Waals surface area contributed by atoms with E-state index in [1.54, 1.807) is 0 Å². The van der Waals surface area contributed by atoms with Crippen molar-refractivity contribution in [3.8, 4) is 6.07 Å². The molecular formula is C20H26N2O2. The lowest BCUT2D eigenvalue weighted by Crippen LogP contribution is -2.33. The highest BCUT2D eigenvalue weighted by Gasteiger charge is 2.66. The summed E-state index contributed by atoms with van der Waals surface area (Å²) in [7, 11) is 1.99. The summed E-state index contributed by atoms with van der Waals surface area (Å²) in [5, 5.41) is 8.39. The zero-order valence-corrected chi connectivity index (χ0v) is 15.0. The third kappa shape index (κ3) is 2.96. The standard InChI is InChI=1S/C10H12N2.C10H14O2/c1-12(9-5-8-11)10-6-3-2-4-7-10;1-9(2)6-4-5-10(9,3)8(12)7(6)11/h2-4,6-7H,5,9H2,1H3;6H,4-5H2,1-3H3. The number of benzene rings is 1. The minimum atomic E-state index is -0.352. The van der Waals surface area contributed by atoms with Gasteiger partial charge in [0.05, 0.1) is 12.5 Å². The Hall–Kier alpha value is -2.15. The number of carbonyl (C=O) groups is 2. The van der Waals surface area contributed by atoms with E-state index in [1.165, 1.54) is 0 Å². The van der Waals surface area contributed by atoms with E-state index in [2.05, 4.69) is 11.0 Å². The molecule has 0 saturated heterocycles. The number of carbonyl (C=O) groups excluding carboxylic acids is 2. The van der Waals surface area contributed by atoms with E-state index in [0.717, 1.165) is 25.1 Å². The van der Waals surface area contributed by atoms with Gasteiger partial charge in [-0.15, -0.1) is 0 Å². The van der Waals surface area contributed by atoms with Crippen molar-refractivity contribution in [1.82, 2.24) is 0 Å². The van der Waals surface area contributed by atoms with Crippen molar-refractivity contribution in [2.75, 3.05) is 18.5 Å². The fourth-order valence-electron chi connectivity index (χ4n) is 3.82. The Labute approximate surface area is 144 Å². The highest BCUT2D eigenvalue weighted by atomic mass is 16.2. The highest BCUT2D eigenvalue weighted by molar-refractivity contribution is 6.43. The number of rotatable bonds is 3. The van der Waals surface area contributed by atoms with Crippen LogP contribution in [0.5, 0.6) is 0 Å². The van der Waals surface area contributed by atoms with Crippen molar-refractivity contribution in [3.63, 3.8) is 0 Å². The second kappa shape index (κ2) is 6.76. The van der Waals surface area contributed by atoms with Crippen molar-refractivity contribution in [1.29, 1.82) is 5.26 Å². The molecule has 3 rings (SSSR count). The minimum Gasteiger partial charge on any atom is -0.374 e. The quantitative estimate of drug-likeness (QED) is 0.796. The first-order valence-electron chi connectivity index (χ1n) is 8.47. The summed E-state index contributed by atoms with van der Waals surface area (Å²) in [5.74, 6) is -0.229. The first kappa shape index (κ1) is 18.2. The summed E-state index contributed by atoms with van der Waals surface area (Å²) in [5.41, 5.74) is 0.711. The van der Waals surface area contributed by atoms with Gasteiger partial charge in [0.2, 0.25) is 11.6 Å². The van der Waals surface area contributed by atoms with E-state index in [-0.39, 0.29) is 28.3 Å². The van der Waals surface area contributed by atoms with Crippen LogP contribution < -0.4 is 4.90 Å². The van der Waals surface area contributed by atoms with E-state index in [9.17, 15) is 9.59 Å². The number of hydrogen-bond acceptors (Lipinski definition) is 4. The number of hydrogen-bond donors (Lipinski definition) is 0. The number of anilines is 1. The molecule has 24 heavy (non-hydrogen) atoms. The zero-order chi connectivity index (χ0) is 18.0. The molecule has 4 nitrogen and oxygen atoms in total. The Morgan fingerprint density at radius 3 is 2.25 bits per heavy atom. The molecule has 2 unspecified atom stereocenters. The molecule has 2 fully saturated rings. The third-order valence-electron chi connectivity index (χ3n) is 6.02. The predicted octanol–water partition coefficient (Wildman–Crippen LogP) is 3.62. The lowest BCUT2D eigenvalue weighted by atomic mass is 9.70. The molecule has 2 bridgehead atoms. The molecule has 128 valence electrons. The fourth-order valence-corrected chi connectivity index (χ4v) is 3.82. The first-order valence-corrected chi connectivity index (χ1v) is 8.47. The minimum absolute atomic E-state index is 0.00926. The van der Waals surface area contributed by atoms with Crippen LogP contribution in [0.2, 0.25) is 0 Å². The second-order valence-electron chi connectivity index (χ2n) is 7.50. The van der Waals surface area contributed by atoms with Gasteiger partial charge < -0.3 is 4.90 Å². The fraction of sp³-hybridized carbons (Fsp3) is 0.550. The van der Waals surface area contributed by atoms with Crippen LogP contribution in [0, 0.1) is 28.1 Å². The van der Waals surface area contributed by atoms with Gasteiger partial charge in [-0.25, -0.2) is 0 Å². The van der Waals surface area contributed by atoms with E-state index in [1.807, 2.05) is 58.2 Å². The molecule has 2 atom stereocenters. The Balaban J connectivity index is 0.000000174. The van der Waals surface area contributed by atoms with Gasteiger partial charge in [-0.1, -0.05) is 39.0 Å². The molecule has 2 saturated carbocycles. The van der Waals surface area contributed by atoms with Gasteiger partial charge in [0, 0.05) is 30.6 Å². The largest absolute Gasteiger partial charge is 0.374 e. The van der Waals surface area contributed by atoms with Crippen molar-refractivity contribution < 1.29 is 9.59 Å². The molecule has 0 amide bonds. The monoisotopic (exact) mass is 326 g/mol. The smallest absolute Gasteiger partial charge is 0.205 e. The zero-order valence-electron chi connectivity index (χ0n) is 15.0. The van der Waals surface area contributed by atoms with Crippen LogP contribution >= 0.6 is 0 Å². The van der Waals surface area contributed by atoms with Gasteiger partial charge in [0.1, 0.15) is 0 Å². The summed E-state index contributed by atoms with van der Waals surface area (Å²) in [6.45, 7) is 6.84. The van der Waals surface area contributed by atoms with Gasteiger partial charge >= 0.3 is 0 Å². The molecule has 0 heterocycles. The van der Waals surface area contributed by atoms with Gasteiger partial charge in [0.15, 0.2) is 0 Å². The van der Waals surface area contributed by atoms with Crippen LogP contribution in [0.15, 0.2) is 30.3 Å². The van der Waals surface area contributed by atoms with Crippen LogP contribution in [-0.4, -0.2) is 25.2 Å². The second-order valence-corrected chi connectivity index (χ2v) is 7.50. The molecular weight excluding hydrogens is 300 g/mol. The molecule has 1 aromatic rings. The van der Waals surface area contributed by atoms with Crippen LogP contribution in [0.3, 0.4) is 0 Å². The normalized spacial score (nSPS) is 26.5. The maximum Gasteiger partial charge on any atom is 0.205 e. The topological polar surface area (TPSA) is 61.2 Å². The maximum absolute atomic E-state index is 11.6. The number of fused-ring (bicyclic) bond motifs is 2. The van der Waals surface area contributed by atoms with Gasteiger partial charge in [-0.2, -0.15) is 5.26 Å². The average Bonchev–Trinajstić information content (AvgIpc) is 2.88. The van der Waals surface area contributed by atoms with Crippen LogP contribution in [0.1, 0.15) is 40.0 Å². The van der Waals surface area contributed by atoms with Crippen molar-refractivity contribution in [2.45, 2.75) is 40.0 Å². The molecule has 2 aliphatic carbocycles. The number of nitriles is 1. The van der Waals surface area contributed by atoms with Crippen molar-refractivity contribution in [2.24, 2.45) is 16.7 Å². The number of Topliss-reactive ketones (excluding diaryl/α,β-unsaturated/α-hetero) is 2. The van der Waals surface area contributed by atoms with Crippen molar-refractivity contribution in [3.05, 3.63) is 30.3 Å². The van der Waals surface area contributed by atoms with E-state index in [0.29, 0.717) is 6.42 Å². The lowest BCUT2D eigenvalue weighted by Gasteiger charge is -2.31. The Morgan fingerprint density at radius 2 is 1.83 bits per heavy atom. The van der Waals surface area contributed by atoms with Gasteiger partial charge in [-0.3, -0.25) is 9.59 Å². The molecule has 1 aromatic carbocycles. The SMILES string of the molecule is CC12CCC(C(=O)C1=O)C2(C)C.CN(CCC#N)c1ccccc1. The summed E-state index contributed by atoms with van der Waals surface area (Å²) in [4.78, 5) is 25.1. The Morgan fingerprint density at radius 1 is 1.21 bits per heavy atom. The Bertz CT molecular complexity index is 660. The maximum atomic E-state index is 11.6. The molecule has 4 heteroatoms. The average molecular weight is 326 g/mol. The Kier molecular flexibility index (Phi) is 5.13. The lowest BCUT2D eigenvalue weighted by molar-refractivity contribution is -0.141. The van der Waals surface area contributed by atoms with Crippen LogP contribution in [-0.2, 0) is 9.59 Å². The molecule has 0 N–H and O–H groups in total. The summed E-state index contributed by atoms with van der Waals surface area (Å²) in [6, 6.07) is 12.2. The molecule has 0 spiro atoms. The predicted molar refractivity (Wildman–Crippen MR) is 94.6 cm³/mol. The van der Waals surface area contributed by atoms with E-state index < -0.39 is 0 Å². The first-order chi connectivity index (χ1) is 11.3. The number of nitrogens with zero attached hydrogens (tertiary/aromatic N) is 2. The van der Waals surface area contributed by atoms with E-state index >= 15 is 0 Å². The number of ketones is 2. The molecule has 2 aliphatic rings. The summed E-state index contributed by atoms with van der Waals surface area (Å²) >= 11 is 0. The molecule has 0 aliphatic heterocycles. The number of para-hydroxylation sites is 1. The van der Waals surface area contributed by atoms with E-state index in [4.69, 9.17) is 5.26 Å². The highest BCUT2D eigenvalue weighted by Crippen LogP contribution is 2.61. The van der Waals surface area contributed by atoms with Crippen LogP contribution in [0.4, 0.5) is 5.69 Å². The molecule has 0 radical (unpaired) electrons. The summed E-state index contributed by atoms with van der Waals surface area (Å²) in [6.07, 6.45) is 2.38. The van der Waals surface area contributed by atoms with Crippen molar-refractivity contribution >= 4 is 17.3 Å². The van der Waals surface area contributed by atoms with Gasteiger partial charge in [-0.05, 0) is 30.4 Å². The third-order valence-corrected chi connectivity index (χ3v) is 6.02.